The Morgan fingerprint density at radius 2 is 2.18 bits per heavy atom. The van der Waals surface area contributed by atoms with Gasteiger partial charge in [0, 0.05) is 19.6 Å². The van der Waals surface area contributed by atoms with E-state index in [1.807, 2.05) is 0 Å². The number of nitrogens with zero attached hydrogens (tertiary/aromatic N) is 1. The summed E-state index contributed by atoms with van der Waals surface area (Å²) in [6, 6.07) is -0.679. The predicted molar refractivity (Wildman–Crippen MR) is 58.1 cm³/mol. The first-order valence-corrected chi connectivity index (χ1v) is 5.70. The lowest BCUT2D eigenvalue weighted by molar-refractivity contribution is -0.157. The van der Waals surface area contributed by atoms with Crippen LogP contribution in [0.2, 0.25) is 0 Å². The molecule has 0 aromatic heterocycles. The summed E-state index contributed by atoms with van der Waals surface area (Å²) in [6.07, 6.45) is -0.524. The van der Waals surface area contributed by atoms with Gasteiger partial charge in [-0.05, 0) is 0 Å². The summed E-state index contributed by atoms with van der Waals surface area (Å²) >= 11 is 0. The quantitative estimate of drug-likeness (QED) is 0.568. The molecular formula is C10H17N3O4. The standard InChI is InChI=1S/C10H17N3O4/c11-9(14)7-6-16-4-2-13(7)10(15)8-5-12-1-3-17-8/h7-8,12H,1-6H2,(H2,11,14). The van der Waals surface area contributed by atoms with Gasteiger partial charge in [0.25, 0.3) is 5.91 Å². The van der Waals surface area contributed by atoms with Crippen LogP contribution in [0.4, 0.5) is 0 Å². The third-order valence-electron chi connectivity index (χ3n) is 2.94. The molecule has 0 aromatic rings. The molecular weight excluding hydrogens is 226 g/mol. The minimum atomic E-state index is -0.679. The first-order chi connectivity index (χ1) is 8.20. The topological polar surface area (TPSA) is 93.9 Å². The number of carbonyl (C=O) groups excluding carboxylic acids is 2. The van der Waals surface area contributed by atoms with Gasteiger partial charge in [-0.2, -0.15) is 0 Å². The van der Waals surface area contributed by atoms with Gasteiger partial charge in [0.15, 0.2) is 0 Å². The number of nitrogens with two attached hydrogens (primary N) is 1. The van der Waals surface area contributed by atoms with E-state index in [9.17, 15) is 9.59 Å². The first-order valence-electron chi connectivity index (χ1n) is 5.70. The monoisotopic (exact) mass is 243 g/mol. The van der Waals surface area contributed by atoms with Crippen LogP contribution in [0.3, 0.4) is 0 Å². The Morgan fingerprint density at radius 3 is 2.82 bits per heavy atom. The number of primary amides is 1. The normalized spacial score (nSPS) is 30.0. The van der Waals surface area contributed by atoms with Crippen molar-refractivity contribution in [1.29, 1.82) is 0 Å². The Morgan fingerprint density at radius 1 is 1.35 bits per heavy atom. The minimum absolute atomic E-state index is 0.168. The van der Waals surface area contributed by atoms with Crippen molar-refractivity contribution < 1.29 is 19.1 Å². The lowest BCUT2D eigenvalue weighted by atomic mass is 10.1. The lowest BCUT2D eigenvalue weighted by Crippen LogP contribution is -2.59. The molecule has 3 N–H and O–H groups in total. The third-order valence-corrected chi connectivity index (χ3v) is 2.94. The number of carbonyl (C=O) groups is 2. The molecule has 17 heavy (non-hydrogen) atoms. The molecule has 2 rings (SSSR count). The predicted octanol–water partition coefficient (Wildman–Crippen LogP) is -2.31. The van der Waals surface area contributed by atoms with E-state index in [-0.39, 0.29) is 12.5 Å². The summed E-state index contributed by atoms with van der Waals surface area (Å²) in [7, 11) is 0. The summed E-state index contributed by atoms with van der Waals surface area (Å²) in [5.41, 5.74) is 5.26. The number of hydrogen-bond donors (Lipinski definition) is 2. The molecule has 7 nitrogen and oxygen atoms in total. The highest BCUT2D eigenvalue weighted by atomic mass is 16.5. The number of amides is 2. The molecule has 2 aliphatic rings. The molecule has 2 saturated heterocycles. The molecule has 2 aliphatic heterocycles. The van der Waals surface area contributed by atoms with Gasteiger partial charge in [0.05, 0.1) is 19.8 Å². The zero-order valence-electron chi connectivity index (χ0n) is 9.55. The molecule has 0 bridgehead atoms. The van der Waals surface area contributed by atoms with Crippen LogP contribution in [0, 0.1) is 0 Å². The number of morpholine rings is 2. The van der Waals surface area contributed by atoms with Gasteiger partial charge in [-0.1, -0.05) is 0 Å². The molecule has 2 heterocycles. The molecule has 0 aromatic carbocycles. The van der Waals surface area contributed by atoms with Gasteiger partial charge in [-0.25, -0.2) is 0 Å². The Bertz CT molecular complexity index is 304. The maximum atomic E-state index is 12.2. The van der Waals surface area contributed by atoms with Gasteiger partial charge in [-0.15, -0.1) is 0 Å². The van der Waals surface area contributed by atoms with Crippen molar-refractivity contribution in [3.8, 4) is 0 Å². The average molecular weight is 243 g/mol. The first kappa shape index (κ1) is 12.3. The van der Waals surface area contributed by atoms with Gasteiger partial charge >= 0.3 is 0 Å². The number of hydrogen-bond acceptors (Lipinski definition) is 5. The van der Waals surface area contributed by atoms with Crippen LogP contribution in [-0.4, -0.2) is 68.3 Å². The molecule has 96 valence electrons. The van der Waals surface area contributed by atoms with Crippen molar-refractivity contribution in [2.24, 2.45) is 5.73 Å². The van der Waals surface area contributed by atoms with Gasteiger partial charge in [0.2, 0.25) is 5.91 Å². The highest BCUT2D eigenvalue weighted by Gasteiger charge is 2.35. The Balaban J connectivity index is 2.02. The number of ether oxygens (including phenoxy) is 2. The lowest BCUT2D eigenvalue weighted by Gasteiger charge is -2.36. The average Bonchev–Trinajstić information content (AvgIpc) is 2.39. The van der Waals surface area contributed by atoms with E-state index >= 15 is 0 Å². The van der Waals surface area contributed by atoms with Crippen LogP contribution < -0.4 is 11.1 Å². The molecule has 7 heteroatoms. The largest absolute Gasteiger partial charge is 0.377 e. The van der Waals surface area contributed by atoms with Gasteiger partial charge < -0.3 is 25.4 Å². The van der Waals surface area contributed by atoms with Gasteiger partial charge in [0.1, 0.15) is 12.1 Å². The Labute approximate surface area is 99.2 Å². The fourth-order valence-electron chi connectivity index (χ4n) is 2.01. The summed E-state index contributed by atoms with van der Waals surface area (Å²) in [5.74, 6) is -0.730. The zero-order valence-corrected chi connectivity index (χ0v) is 9.55. The van der Waals surface area contributed by atoms with Crippen LogP contribution in [0.5, 0.6) is 0 Å². The molecule has 0 saturated carbocycles. The molecule has 0 spiro atoms. The second-order valence-electron chi connectivity index (χ2n) is 4.09. The smallest absolute Gasteiger partial charge is 0.253 e. The zero-order chi connectivity index (χ0) is 12.3. The second kappa shape index (κ2) is 5.44. The fraction of sp³-hybridized carbons (Fsp3) is 0.800. The van der Waals surface area contributed by atoms with E-state index in [2.05, 4.69) is 5.32 Å². The molecule has 2 amide bonds. The summed E-state index contributed by atoms with van der Waals surface area (Å²) in [5, 5.41) is 3.08. The number of nitrogens with one attached hydrogen (secondary N) is 1. The van der Waals surface area contributed by atoms with E-state index in [0.717, 1.165) is 6.54 Å². The van der Waals surface area contributed by atoms with Crippen LogP contribution >= 0.6 is 0 Å². The van der Waals surface area contributed by atoms with Crippen molar-refractivity contribution in [2.75, 3.05) is 39.5 Å². The Kier molecular flexibility index (Phi) is 3.93. The van der Waals surface area contributed by atoms with Crippen LogP contribution in [0.1, 0.15) is 0 Å². The maximum Gasteiger partial charge on any atom is 0.253 e. The molecule has 0 radical (unpaired) electrons. The summed E-state index contributed by atoms with van der Waals surface area (Å²) < 4.78 is 10.5. The SMILES string of the molecule is NC(=O)C1COCCN1C(=O)C1CNCCO1. The minimum Gasteiger partial charge on any atom is -0.377 e. The van der Waals surface area contributed by atoms with Crippen molar-refractivity contribution in [3.63, 3.8) is 0 Å². The Hall–Kier alpha value is -1.18. The fourth-order valence-corrected chi connectivity index (χ4v) is 2.01. The molecule has 2 atom stereocenters. The molecule has 2 fully saturated rings. The van der Waals surface area contributed by atoms with E-state index in [1.54, 1.807) is 0 Å². The van der Waals surface area contributed by atoms with Crippen molar-refractivity contribution >= 4 is 11.8 Å². The maximum absolute atomic E-state index is 12.2. The van der Waals surface area contributed by atoms with Gasteiger partial charge in [-0.3, -0.25) is 9.59 Å². The summed E-state index contributed by atoms with van der Waals surface area (Å²) in [6.45, 7) is 2.69. The van der Waals surface area contributed by atoms with Crippen LogP contribution in [0.25, 0.3) is 0 Å². The molecule has 2 unspecified atom stereocenters. The second-order valence-corrected chi connectivity index (χ2v) is 4.09. The summed E-state index contributed by atoms with van der Waals surface area (Å²) in [4.78, 5) is 24.9. The molecule has 0 aliphatic carbocycles. The number of rotatable bonds is 2. The highest BCUT2D eigenvalue weighted by molar-refractivity contribution is 5.89. The van der Waals surface area contributed by atoms with Crippen molar-refractivity contribution in [1.82, 2.24) is 10.2 Å². The van der Waals surface area contributed by atoms with Crippen molar-refractivity contribution in [2.45, 2.75) is 12.1 Å². The van der Waals surface area contributed by atoms with Crippen molar-refractivity contribution in [3.05, 3.63) is 0 Å². The van der Waals surface area contributed by atoms with E-state index < -0.39 is 18.1 Å². The highest BCUT2D eigenvalue weighted by Crippen LogP contribution is 2.11. The van der Waals surface area contributed by atoms with E-state index in [4.69, 9.17) is 15.2 Å². The third kappa shape index (κ3) is 2.74. The van der Waals surface area contributed by atoms with Crippen LogP contribution in [0.15, 0.2) is 0 Å². The van der Waals surface area contributed by atoms with E-state index in [0.29, 0.717) is 26.3 Å². The van der Waals surface area contributed by atoms with Crippen LogP contribution in [-0.2, 0) is 19.1 Å². The van der Waals surface area contributed by atoms with E-state index in [1.165, 1.54) is 4.90 Å².